The minimum Gasteiger partial charge on any atom is -0.392 e. The number of hydrogen-bond donors (Lipinski definition) is 1. The van der Waals surface area contributed by atoms with Gasteiger partial charge in [-0.25, -0.2) is 4.98 Å². The largest absolute Gasteiger partial charge is 0.392 e. The first kappa shape index (κ1) is 15.0. The fourth-order valence-electron chi connectivity index (χ4n) is 2.94. The Hall–Kier alpha value is -1.35. The molecule has 0 aliphatic carbocycles. The summed E-state index contributed by atoms with van der Waals surface area (Å²) in [7, 11) is 0. The number of aromatic nitrogens is 2. The van der Waals surface area contributed by atoms with Crippen molar-refractivity contribution in [2.75, 3.05) is 0 Å². The monoisotopic (exact) mass is 274 g/mol. The maximum atomic E-state index is 10.4. The van der Waals surface area contributed by atoms with Crippen LogP contribution in [-0.4, -0.2) is 20.8 Å². The standard InChI is InChI=1S/C17H26N2O/c1-4-11-19-15-10-8-7-9-14(15)18-17(19)12-16(20)13(5-2)6-3/h7-10,13,16,20H,4-6,11-12H2,1-3H3. The molecule has 3 nitrogen and oxygen atoms in total. The Morgan fingerprint density at radius 2 is 1.85 bits per heavy atom. The van der Waals surface area contributed by atoms with Crippen LogP contribution in [0.4, 0.5) is 0 Å². The molecule has 2 rings (SSSR count). The van der Waals surface area contributed by atoms with Crippen LogP contribution >= 0.6 is 0 Å². The topological polar surface area (TPSA) is 38.0 Å². The second-order valence-corrected chi connectivity index (χ2v) is 5.52. The quantitative estimate of drug-likeness (QED) is 0.834. The van der Waals surface area contributed by atoms with Gasteiger partial charge in [-0.1, -0.05) is 45.7 Å². The van der Waals surface area contributed by atoms with Crippen LogP contribution in [0.1, 0.15) is 45.9 Å². The Kier molecular flexibility index (Phi) is 5.18. The van der Waals surface area contributed by atoms with Gasteiger partial charge in [0.1, 0.15) is 5.82 Å². The summed E-state index contributed by atoms with van der Waals surface area (Å²) in [5.74, 6) is 1.39. The van der Waals surface area contributed by atoms with E-state index in [2.05, 4.69) is 43.5 Å². The molecule has 1 heterocycles. The molecule has 0 saturated carbocycles. The normalized spacial score (nSPS) is 13.2. The zero-order valence-electron chi connectivity index (χ0n) is 12.8. The van der Waals surface area contributed by atoms with Crippen LogP contribution in [-0.2, 0) is 13.0 Å². The summed E-state index contributed by atoms with van der Waals surface area (Å²) in [6.07, 6.45) is 3.48. The highest BCUT2D eigenvalue weighted by Gasteiger charge is 2.19. The third kappa shape index (κ3) is 3.04. The van der Waals surface area contributed by atoms with Gasteiger partial charge in [-0.05, 0) is 24.5 Å². The van der Waals surface area contributed by atoms with Crippen molar-refractivity contribution in [3.05, 3.63) is 30.1 Å². The van der Waals surface area contributed by atoms with Crippen molar-refractivity contribution in [1.29, 1.82) is 0 Å². The smallest absolute Gasteiger partial charge is 0.112 e. The molecule has 0 saturated heterocycles. The Morgan fingerprint density at radius 1 is 1.15 bits per heavy atom. The van der Waals surface area contributed by atoms with Crippen LogP contribution in [0.5, 0.6) is 0 Å². The first-order valence-corrected chi connectivity index (χ1v) is 7.83. The molecule has 1 unspecified atom stereocenters. The number of aryl methyl sites for hydroxylation is 1. The zero-order chi connectivity index (χ0) is 14.5. The average Bonchev–Trinajstić information content (AvgIpc) is 2.79. The van der Waals surface area contributed by atoms with E-state index in [1.807, 2.05) is 6.07 Å². The molecular formula is C17H26N2O. The molecular weight excluding hydrogens is 248 g/mol. The maximum Gasteiger partial charge on any atom is 0.112 e. The van der Waals surface area contributed by atoms with Gasteiger partial charge in [0.05, 0.1) is 17.1 Å². The Balaban J connectivity index is 2.30. The minimum atomic E-state index is -0.294. The van der Waals surface area contributed by atoms with Gasteiger partial charge < -0.3 is 9.67 Å². The van der Waals surface area contributed by atoms with Gasteiger partial charge >= 0.3 is 0 Å². The number of fused-ring (bicyclic) bond motifs is 1. The number of para-hydroxylation sites is 2. The molecule has 3 heteroatoms. The van der Waals surface area contributed by atoms with Crippen molar-refractivity contribution in [3.63, 3.8) is 0 Å². The predicted octanol–water partition coefficient (Wildman–Crippen LogP) is 3.79. The summed E-state index contributed by atoms with van der Waals surface area (Å²) in [4.78, 5) is 4.73. The molecule has 1 atom stereocenters. The molecule has 0 spiro atoms. The van der Waals surface area contributed by atoms with E-state index in [4.69, 9.17) is 4.98 Å². The van der Waals surface area contributed by atoms with E-state index in [1.165, 1.54) is 5.52 Å². The van der Waals surface area contributed by atoms with Crippen LogP contribution in [0.2, 0.25) is 0 Å². The van der Waals surface area contributed by atoms with E-state index in [9.17, 15) is 5.11 Å². The number of hydrogen-bond acceptors (Lipinski definition) is 2. The lowest BCUT2D eigenvalue weighted by Gasteiger charge is -2.20. The van der Waals surface area contributed by atoms with Gasteiger partial charge in [0, 0.05) is 13.0 Å². The highest BCUT2D eigenvalue weighted by atomic mass is 16.3. The lowest BCUT2D eigenvalue weighted by Crippen LogP contribution is -2.23. The highest BCUT2D eigenvalue weighted by molar-refractivity contribution is 5.75. The van der Waals surface area contributed by atoms with Gasteiger partial charge in [0.2, 0.25) is 0 Å². The van der Waals surface area contributed by atoms with Crippen molar-refractivity contribution >= 4 is 11.0 Å². The highest BCUT2D eigenvalue weighted by Crippen LogP contribution is 2.21. The fraction of sp³-hybridized carbons (Fsp3) is 0.588. The average molecular weight is 274 g/mol. The number of aliphatic hydroxyl groups excluding tert-OH is 1. The van der Waals surface area contributed by atoms with E-state index >= 15 is 0 Å². The predicted molar refractivity (Wildman–Crippen MR) is 83.8 cm³/mol. The molecule has 0 fully saturated rings. The fourth-order valence-corrected chi connectivity index (χ4v) is 2.94. The Labute approximate surface area is 121 Å². The van der Waals surface area contributed by atoms with E-state index in [1.54, 1.807) is 0 Å². The number of benzene rings is 1. The van der Waals surface area contributed by atoms with Crippen molar-refractivity contribution in [2.24, 2.45) is 5.92 Å². The molecule has 1 aromatic carbocycles. The molecule has 0 radical (unpaired) electrons. The molecule has 0 amide bonds. The van der Waals surface area contributed by atoms with Crippen LogP contribution in [0.3, 0.4) is 0 Å². The summed E-state index contributed by atoms with van der Waals surface area (Å²) in [5, 5.41) is 10.4. The van der Waals surface area contributed by atoms with Gasteiger partial charge in [0.25, 0.3) is 0 Å². The first-order valence-electron chi connectivity index (χ1n) is 7.83. The molecule has 0 bridgehead atoms. The third-order valence-corrected chi connectivity index (χ3v) is 4.17. The van der Waals surface area contributed by atoms with Crippen LogP contribution in [0, 0.1) is 5.92 Å². The summed E-state index contributed by atoms with van der Waals surface area (Å²) in [5.41, 5.74) is 2.22. The summed E-state index contributed by atoms with van der Waals surface area (Å²) in [6.45, 7) is 7.43. The second kappa shape index (κ2) is 6.89. The van der Waals surface area contributed by atoms with E-state index in [-0.39, 0.29) is 6.10 Å². The van der Waals surface area contributed by atoms with Crippen LogP contribution in [0.25, 0.3) is 11.0 Å². The van der Waals surface area contributed by atoms with Crippen LogP contribution in [0.15, 0.2) is 24.3 Å². The molecule has 0 aliphatic rings. The second-order valence-electron chi connectivity index (χ2n) is 5.52. The molecule has 1 aromatic heterocycles. The lowest BCUT2D eigenvalue weighted by molar-refractivity contribution is 0.100. The first-order chi connectivity index (χ1) is 9.71. The SMILES string of the molecule is CCCn1c(CC(O)C(CC)CC)nc2ccccc21. The Bertz CT molecular complexity index is 543. The number of aliphatic hydroxyl groups is 1. The van der Waals surface area contributed by atoms with Gasteiger partial charge in [-0.15, -0.1) is 0 Å². The minimum absolute atomic E-state index is 0.294. The van der Waals surface area contributed by atoms with Crippen LogP contribution < -0.4 is 0 Å². The summed E-state index contributed by atoms with van der Waals surface area (Å²) in [6, 6.07) is 8.24. The maximum absolute atomic E-state index is 10.4. The van der Waals surface area contributed by atoms with Crippen molar-refractivity contribution in [1.82, 2.24) is 9.55 Å². The van der Waals surface area contributed by atoms with Crippen molar-refractivity contribution in [2.45, 2.75) is 59.1 Å². The number of rotatable bonds is 7. The van der Waals surface area contributed by atoms with E-state index in [0.29, 0.717) is 12.3 Å². The molecule has 2 aromatic rings. The Morgan fingerprint density at radius 3 is 2.50 bits per heavy atom. The van der Waals surface area contributed by atoms with Crippen molar-refractivity contribution in [3.8, 4) is 0 Å². The molecule has 0 aliphatic heterocycles. The van der Waals surface area contributed by atoms with Gasteiger partial charge in [-0.3, -0.25) is 0 Å². The summed E-state index contributed by atoms with van der Waals surface area (Å²) < 4.78 is 2.26. The molecule has 20 heavy (non-hydrogen) atoms. The molecule has 1 N–H and O–H groups in total. The van der Waals surface area contributed by atoms with E-state index < -0.39 is 0 Å². The third-order valence-electron chi connectivity index (χ3n) is 4.17. The summed E-state index contributed by atoms with van der Waals surface area (Å²) >= 11 is 0. The van der Waals surface area contributed by atoms with Gasteiger partial charge in [-0.2, -0.15) is 0 Å². The lowest BCUT2D eigenvalue weighted by atomic mass is 9.94. The number of imidazole rings is 1. The van der Waals surface area contributed by atoms with Crippen molar-refractivity contribution < 1.29 is 5.11 Å². The number of nitrogens with zero attached hydrogens (tertiary/aromatic N) is 2. The molecule has 110 valence electrons. The zero-order valence-corrected chi connectivity index (χ0v) is 12.8. The van der Waals surface area contributed by atoms with E-state index in [0.717, 1.165) is 37.1 Å². The van der Waals surface area contributed by atoms with Gasteiger partial charge in [0.15, 0.2) is 0 Å².